The molecule has 2 rings (SSSR count). The van der Waals surface area contributed by atoms with Crippen LogP contribution in [0.15, 0.2) is 36.4 Å². The van der Waals surface area contributed by atoms with Crippen molar-refractivity contribution in [1.82, 2.24) is 5.43 Å². The monoisotopic (exact) mass is 353 g/mol. The lowest BCUT2D eigenvalue weighted by Gasteiger charge is -2.15. The number of carbonyl (C=O) groups excluding carboxylic acids is 1. The number of amides is 1. The molecule has 0 aliphatic heterocycles. The van der Waals surface area contributed by atoms with Crippen molar-refractivity contribution in [3.8, 4) is 6.07 Å². The number of hydrogen-bond donors (Lipinski definition) is 2. The maximum atomic E-state index is 13.0. The van der Waals surface area contributed by atoms with Gasteiger partial charge in [0.15, 0.2) is 0 Å². The van der Waals surface area contributed by atoms with E-state index in [2.05, 4.69) is 10.9 Å². The largest absolute Gasteiger partial charge is 0.418 e. The van der Waals surface area contributed by atoms with Gasteiger partial charge in [-0.1, -0.05) is 17.7 Å². The number of rotatable bonds is 3. The molecule has 2 N–H and O–H groups in total. The Balaban J connectivity index is 2.21. The predicted octanol–water partition coefficient (Wildman–Crippen LogP) is 4.30. The minimum absolute atomic E-state index is 0.135. The van der Waals surface area contributed by atoms with Crippen LogP contribution < -0.4 is 10.9 Å². The summed E-state index contributed by atoms with van der Waals surface area (Å²) in [5.74, 6) is -0.644. The molecular weight excluding hydrogens is 343 g/mol. The van der Waals surface area contributed by atoms with Crippen LogP contribution in [0.4, 0.5) is 18.9 Å². The van der Waals surface area contributed by atoms with Gasteiger partial charge in [0.1, 0.15) is 0 Å². The highest BCUT2D eigenvalue weighted by atomic mass is 35.5. The molecular formula is C16H11ClF3N3O. The number of alkyl halides is 3. The lowest BCUT2D eigenvalue weighted by molar-refractivity contribution is -0.137. The lowest BCUT2D eigenvalue weighted by Crippen LogP contribution is -2.30. The van der Waals surface area contributed by atoms with Crippen molar-refractivity contribution in [2.75, 3.05) is 5.43 Å². The van der Waals surface area contributed by atoms with E-state index in [1.54, 1.807) is 19.1 Å². The molecule has 24 heavy (non-hydrogen) atoms. The first-order valence-corrected chi connectivity index (χ1v) is 7.04. The van der Waals surface area contributed by atoms with Crippen LogP contribution in [0.25, 0.3) is 0 Å². The van der Waals surface area contributed by atoms with Gasteiger partial charge < -0.3 is 0 Å². The van der Waals surface area contributed by atoms with Crippen LogP contribution >= 0.6 is 11.6 Å². The van der Waals surface area contributed by atoms with Gasteiger partial charge in [0, 0.05) is 10.6 Å². The van der Waals surface area contributed by atoms with Crippen LogP contribution in [0.1, 0.15) is 27.0 Å². The average Bonchev–Trinajstić information content (AvgIpc) is 2.54. The third-order valence-corrected chi connectivity index (χ3v) is 3.61. The standard InChI is InChI=1S/C16H11ClF3N3O/c1-9-2-4-11(7-13(9)17)15(24)23-22-14-5-3-10(8-21)6-12(14)16(18,19)20/h2-7,22H,1H3,(H,23,24). The number of hydrogen-bond acceptors (Lipinski definition) is 3. The number of carbonyl (C=O) groups is 1. The number of nitriles is 1. The van der Waals surface area contributed by atoms with Crippen LogP contribution in [0.5, 0.6) is 0 Å². The molecule has 0 bridgehead atoms. The number of hydrazine groups is 1. The van der Waals surface area contributed by atoms with Gasteiger partial charge in [-0.3, -0.25) is 15.6 Å². The molecule has 0 unspecified atom stereocenters. The molecule has 0 saturated carbocycles. The zero-order valence-corrected chi connectivity index (χ0v) is 13.1. The Morgan fingerprint density at radius 2 is 1.92 bits per heavy atom. The molecule has 0 aromatic heterocycles. The molecule has 0 saturated heterocycles. The first-order chi connectivity index (χ1) is 11.2. The minimum atomic E-state index is -4.67. The molecule has 0 heterocycles. The van der Waals surface area contributed by atoms with Gasteiger partial charge in [-0.15, -0.1) is 0 Å². The van der Waals surface area contributed by atoms with Gasteiger partial charge in [0.2, 0.25) is 0 Å². The van der Waals surface area contributed by atoms with E-state index < -0.39 is 17.6 Å². The van der Waals surface area contributed by atoms with Crippen LogP contribution in [0, 0.1) is 18.3 Å². The van der Waals surface area contributed by atoms with E-state index >= 15 is 0 Å². The van der Waals surface area contributed by atoms with Gasteiger partial charge in [-0.25, -0.2) is 0 Å². The summed E-state index contributed by atoms with van der Waals surface area (Å²) in [4.78, 5) is 12.0. The molecule has 1 amide bonds. The van der Waals surface area contributed by atoms with E-state index in [1.165, 1.54) is 18.2 Å². The molecule has 0 spiro atoms. The van der Waals surface area contributed by atoms with Crippen molar-refractivity contribution < 1.29 is 18.0 Å². The van der Waals surface area contributed by atoms with Gasteiger partial charge in [-0.2, -0.15) is 18.4 Å². The number of benzene rings is 2. The lowest BCUT2D eigenvalue weighted by atomic mass is 10.1. The maximum absolute atomic E-state index is 13.0. The third kappa shape index (κ3) is 3.97. The number of halogens is 4. The molecule has 2 aromatic rings. The van der Waals surface area contributed by atoms with E-state index in [-0.39, 0.29) is 16.8 Å². The Kier molecular flexibility index (Phi) is 5.00. The molecule has 8 heteroatoms. The Morgan fingerprint density at radius 1 is 1.21 bits per heavy atom. The highest BCUT2D eigenvalue weighted by Gasteiger charge is 2.34. The van der Waals surface area contributed by atoms with Crippen molar-refractivity contribution in [1.29, 1.82) is 5.26 Å². The van der Waals surface area contributed by atoms with E-state index in [1.807, 2.05) is 0 Å². The second kappa shape index (κ2) is 6.81. The fourth-order valence-electron chi connectivity index (χ4n) is 1.89. The Morgan fingerprint density at radius 3 is 2.50 bits per heavy atom. The van der Waals surface area contributed by atoms with Gasteiger partial charge in [0.05, 0.1) is 22.9 Å². The van der Waals surface area contributed by atoms with Crippen molar-refractivity contribution in [2.45, 2.75) is 13.1 Å². The summed E-state index contributed by atoms with van der Waals surface area (Å²) >= 11 is 5.91. The fraction of sp³-hybridized carbons (Fsp3) is 0.125. The molecule has 0 fully saturated rings. The summed E-state index contributed by atoms with van der Waals surface area (Å²) in [6.07, 6.45) is -4.67. The summed E-state index contributed by atoms with van der Waals surface area (Å²) in [6, 6.07) is 9.17. The van der Waals surface area contributed by atoms with Crippen LogP contribution in [-0.2, 0) is 6.18 Å². The quantitative estimate of drug-likeness (QED) is 0.809. The van der Waals surface area contributed by atoms with Crippen molar-refractivity contribution in [2.24, 2.45) is 0 Å². The molecule has 2 aromatic carbocycles. The van der Waals surface area contributed by atoms with Crippen molar-refractivity contribution in [3.63, 3.8) is 0 Å². The van der Waals surface area contributed by atoms with E-state index in [9.17, 15) is 18.0 Å². The summed E-state index contributed by atoms with van der Waals surface area (Å²) in [5, 5.41) is 9.09. The SMILES string of the molecule is Cc1ccc(C(=O)NNc2ccc(C#N)cc2C(F)(F)F)cc1Cl. The van der Waals surface area contributed by atoms with E-state index in [0.29, 0.717) is 11.1 Å². The molecule has 0 aliphatic carbocycles. The van der Waals surface area contributed by atoms with E-state index in [0.717, 1.165) is 11.6 Å². The second-order valence-electron chi connectivity index (χ2n) is 4.91. The second-order valence-corrected chi connectivity index (χ2v) is 5.32. The normalized spacial score (nSPS) is 10.8. The molecule has 0 radical (unpaired) electrons. The first-order valence-electron chi connectivity index (χ1n) is 6.66. The fourth-order valence-corrected chi connectivity index (χ4v) is 2.07. The summed E-state index contributed by atoms with van der Waals surface area (Å²) in [7, 11) is 0. The summed E-state index contributed by atoms with van der Waals surface area (Å²) in [5.41, 5.74) is 3.82. The number of aryl methyl sites for hydroxylation is 1. The summed E-state index contributed by atoms with van der Waals surface area (Å²) < 4.78 is 39.1. The number of anilines is 1. The predicted molar refractivity (Wildman–Crippen MR) is 83.4 cm³/mol. The maximum Gasteiger partial charge on any atom is 0.418 e. The van der Waals surface area contributed by atoms with Crippen LogP contribution in [0.3, 0.4) is 0 Å². The number of nitrogens with zero attached hydrogens (tertiary/aromatic N) is 1. The molecule has 0 aliphatic rings. The molecule has 0 atom stereocenters. The summed E-state index contributed by atoms with van der Waals surface area (Å²) in [6.45, 7) is 1.76. The topological polar surface area (TPSA) is 64.9 Å². The minimum Gasteiger partial charge on any atom is -0.298 e. The van der Waals surface area contributed by atoms with Crippen LogP contribution in [-0.4, -0.2) is 5.91 Å². The highest BCUT2D eigenvalue weighted by Crippen LogP contribution is 2.35. The Bertz CT molecular complexity index is 828. The molecule has 4 nitrogen and oxygen atoms in total. The zero-order valence-electron chi connectivity index (χ0n) is 12.3. The smallest absolute Gasteiger partial charge is 0.298 e. The van der Waals surface area contributed by atoms with Crippen molar-refractivity contribution >= 4 is 23.2 Å². The number of nitrogens with one attached hydrogen (secondary N) is 2. The van der Waals surface area contributed by atoms with Gasteiger partial charge >= 0.3 is 6.18 Å². The third-order valence-electron chi connectivity index (χ3n) is 3.20. The highest BCUT2D eigenvalue weighted by molar-refractivity contribution is 6.31. The Labute approximate surface area is 140 Å². The average molecular weight is 354 g/mol. The molecule has 124 valence electrons. The van der Waals surface area contributed by atoms with Crippen LogP contribution in [0.2, 0.25) is 5.02 Å². The zero-order chi connectivity index (χ0) is 17.9. The van der Waals surface area contributed by atoms with E-state index in [4.69, 9.17) is 16.9 Å². The van der Waals surface area contributed by atoms with Gasteiger partial charge in [-0.05, 0) is 42.8 Å². The van der Waals surface area contributed by atoms with Gasteiger partial charge in [0.25, 0.3) is 5.91 Å². The Hall–Kier alpha value is -2.72. The van der Waals surface area contributed by atoms with Crippen molar-refractivity contribution in [3.05, 3.63) is 63.7 Å². The first kappa shape index (κ1) is 17.6.